The largest absolute Gasteiger partial charge is 0.456 e. The molecule has 33 heavy (non-hydrogen) atoms. The van der Waals surface area contributed by atoms with Crippen LogP contribution in [0, 0.1) is 23.2 Å². The smallest absolute Gasteiger partial charge is 0.333 e. The summed E-state index contributed by atoms with van der Waals surface area (Å²) in [6.45, 7) is 15.8. The molecule has 0 saturated heterocycles. The number of hydrogen-bond acceptors (Lipinski definition) is 4. The van der Waals surface area contributed by atoms with Crippen molar-refractivity contribution in [1.29, 1.82) is 0 Å². The highest BCUT2D eigenvalue weighted by Crippen LogP contribution is 2.50. The molecule has 0 aromatic carbocycles. The number of allylic oxidation sites excluding steroid dienone is 1. The fourth-order valence-electron chi connectivity index (χ4n) is 6.53. The fraction of sp³-hybridized carbons (Fsp3) is 0.793. The molecule has 0 aromatic rings. The maximum atomic E-state index is 13.1. The van der Waals surface area contributed by atoms with E-state index in [0.29, 0.717) is 11.1 Å². The molecule has 3 saturated carbocycles. The van der Waals surface area contributed by atoms with Gasteiger partial charge in [0, 0.05) is 16.6 Å². The fourth-order valence-corrected chi connectivity index (χ4v) is 6.53. The first-order valence-electron chi connectivity index (χ1n) is 13.2. The third kappa shape index (κ3) is 5.74. The third-order valence-electron chi connectivity index (χ3n) is 8.95. The standard InChI is InChI=1S/C29H46O4/c1-8-28(15-14-24(19-28)23-11-9-10-12-23)32-26(31)21(4)17-22-13-16-29(18-22,27(5,6)7)33-25(30)20(2)3/h17,22-24H,2,8-16,18-19H2,1,3-7H3/b21-17+. The van der Waals surface area contributed by atoms with Crippen molar-refractivity contribution >= 4 is 11.9 Å². The van der Waals surface area contributed by atoms with Crippen molar-refractivity contribution in [1.82, 2.24) is 0 Å². The van der Waals surface area contributed by atoms with Crippen LogP contribution in [0.25, 0.3) is 0 Å². The topological polar surface area (TPSA) is 52.6 Å². The SMILES string of the molecule is C=C(C)C(=O)OC1(C(C)(C)C)CCC(/C=C(\C)C(=O)OC2(CC)CCC(C3CCCC3)C2)C1. The quantitative estimate of drug-likeness (QED) is 0.296. The van der Waals surface area contributed by atoms with Crippen LogP contribution in [0.2, 0.25) is 0 Å². The lowest BCUT2D eigenvalue weighted by Gasteiger charge is -2.41. The van der Waals surface area contributed by atoms with Crippen molar-refractivity contribution in [2.45, 2.75) is 123 Å². The Morgan fingerprint density at radius 3 is 2.18 bits per heavy atom. The summed E-state index contributed by atoms with van der Waals surface area (Å²) < 4.78 is 12.2. The summed E-state index contributed by atoms with van der Waals surface area (Å²) in [6.07, 6.45) is 14.0. The van der Waals surface area contributed by atoms with E-state index in [2.05, 4.69) is 40.3 Å². The minimum atomic E-state index is -0.543. The van der Waals surface area contributed by atoms with Gasteiger partial charge in [-0.25, -0.2) is 9.59 Å². The molecular formula is C29H46O4. The maximum Gasteiger partial charge on any atom is 0.333 e. The minimum Gasteiger partial charge on any atom is -0.456 e. The van der Waals surface area contributed by atoms with E-state index in [1.165, 1.54) is 32.1 Å². The van der Waals surface area contributed by atoms with Crippen LogP contribution in [-0.2, 0) is 19.1 Å². The molecule has 0 amide bonds. The zero-order chi connectivity index (χ0) is 24.4. The second-order valence-corrected chi connectivity index (χ2v) is 12.2. The third-order valence-corrected chi connectivity index (χ3v) is 8.95. The van der Waals surface area contributed by atoms with Gasteiger partial charge >= 0.3 is 11.9 Å². The van der Waals surface area contributed by atoms with Crippen molar-refractivity contribution < 1.29 is 19.1 Å². The molecule has 0 aromatic heterocycles. The Bertz CT molecular complexity index is 782. The summed E-state index contributed by atoms with van der Waals surface area (Å²) in [5.41, 5.74) is 0.0867. The van der Waals surface area contributed by atoms with Crippen LogP contribution < -0.4 is 0 Å². The van der Waals surface area contributed by atoms with Crippen LogP contribution in [0.1, 0.15) is 112 Å². The first-order valence-corrected chi connectivity index (χ1v) is 13.2. The normalized spacial score (nSPS) is 33.3. The first kappa shape index (κ1) is 26.0. The molecule has 3 fully saturated rings. The summed E-state index contributed by atoms with van der Waals surface area (Å²) in [5, 5.41) is 0. The van der Waals surface area contributed by atoms with Gasteiger partial charge in [0.2, 0.25) is 0 Å². The van der Waals surface area contributed by atoms with Crippen LogP contribution in [0.15, 0.2) is 23.8 Å². The van der Waals surface area contributed by atoms with Gasteiger partial charge in [-0.1, -0.05) is 66.0 Å². The molecule has 0 N–H and O–H groups in total. The van der Waals surface area contributed by atoms with Crippen LogP contribution in [0.5, 0.6) is 0 Å². The van der Waals surface area contributed by atoms with Crippen LogP contribution >= 0.6 is 0 Å². The first-order chi connectivity index (χ1) is 15.4. The van der Waals surface area contributed by atoms with Gasteiger partial charge < -0.3 is 9.47 Å². The number of rotatable bonds is 7. The highest BCUT2D eigenvalue weighted by Gasteiger charge is 2.50. The molecule has 0 aliphatic heterocycles. The molecule has 4 heteroatoms. The highest BCUT2D eigenvalue weighted by atomic mass is 16.6. The highest BCUT2D eigenvalue weighted by molar-refractivity contribution is 5.88. The number of hydrogen-bond donors (Lipinski definition) is 0. The number of carbonyl (C=O) groups excluding carboxylic acids is 2. The van der Waals surface area contributed by atoms with Gasteiger partial charge in [0.1, 0.15) is 11.2 Å². The predicted octanol–water partition coefficient (Wildman–Crippen LogP) is 7.32. The molecule has 4 atom stereocenters. The van der Waals surface area contributed by atoms with E-state index in [4.69, 9.17) is 9.47 Å². The molecule has 0 bridgehead atoms. The van der Waals surface area contributed by atoms with Gasteiger partial charge in [-0.15, -0.1) is 0 Å². The monoisotopic (exact) mass is 458 g/mol. The van der Waals surface area contributed by atoms with E-state index in [-0.39, 0.29) is 28.9 Å². The van der Waals surface area contributed by atoms with Crippen molar-refractivity contribution in [3.8, 4) is 0 Å². The van der Waals surface area contributed by atoms with Crippen molar-refractivity contribution in [2.75, 3.05) is 0 Å². The van der Waals surface area contributed by atoms with E-state index in [1.807, 2.05) is 6.92 Å². The number of carbonyl (C=O) groups is 2. The zero-order valence-corrected chi connectivity index (χ0v) is 21.9. The van der Waals surface area contributed by atoms with Gasteiger partial charge in [-0.3, -0.25) is 0 Å². The minimum absolute atomic E-state index is 0.170. The van der Waals surface area contributed by atoms with E-state index < -0.39 is 5.60 Å². The number of esters is 2. The molecule has 3 aliphatic carbocycles. The van der Waals surface area contributed by atoms with Crippen LogP contribution in [-0.4, -0.2) is 23.1 Å². The molecule has 3 aliphatic rings. The lowest BCUT2D eigenvalue weighted by Crippen LogP contribution is -2.45. The van der Waals surface area contributed by atoms with Gasteiger partial charge in [0.25, 0.3) is 0 Å². The molecule has 0 heterocycles. The van der Waals surface area contributed by atoms with E-state index in [1.54, 1.807) is 6.92 Å². The molecule has 186 valence electrons. The average molecular weight is 459 g/mol. The summed E-state index contributed by atoms with van der Waals surface area (Å²) in [7, 11) is 0. The Hall–Kier alpha value is -1.58. The van der Waals surface area contributed by atoms with Gasteiger partial charge in [0.05, 0.1) is 0 Å². The van der Waals surface area contributed by atoms with Crippen molar-refractivity contribution in [3.05, 3.63) is 23.8 Å². The van der Waals surface area contributed by atoms with Crippen LogP contribution in [0.4, 0.5) is 0 Å². The summed E-state index contributed by atoms with van der Waals surface area (Å²) in [5.74, 6) is 1.25. The Morgan fingerprint density at radius 2 is 1.61 bits per heavy atom. The number of ether oxygens (including phenoxy) is 2. The van der Waals surface area contributed by atoms with E-state index in [0.717, 1.165) is 50.4 Å². The summed E-state index contributed by atoms with van der Waals surface area (Å²) in [4.78, 5) is 25.5. The van der Waals surface area contributed by atoms with Gasteiger partial charge in [-0.2, -0.15) is 0 Å². The maximum absolute atomic E-state index is 13.1. The van der Waals surface area contributed by atoms with E-state index >= 15 is 0 Å². The Kier molecular flexibility index (Phi) is 7.86. The second kappa shape index (κ2) is 9.96. The Morgan fingerprint density at radius 1 is 0.939 bits per heavy atom. The second-order valence-electron chi connectivity index (χ2n) is 12.2. The molecule has 0 spiro atoms. The predicted molar refractivity (Wildman–Crippen MR) is 133 cm³/mol. The Balaban J connectivity index is 1.65. The van der Waals surface area contributed by atoms with Crippen molar-refractivity contribution in [3.63, 3.8) is 0 Å². The lowest BCUT2D eigenvalue weighted by atomic mass is 9.74. The van der Waals surface area contributed by atoms with Gasteiger partial charge in [0.15, 0.2) is 0 Å². The van der Waals surface area contributed by atoms with Crippen molar-refractivity contribution in [2.24, 2.45) is 23.2 Å². The van der Waals surface area contributed by atoms with E-state index in [9.17, 15) is 9.59 Å². The van der Waals surface area contributed by atoms with Crippen LogP contribution in [0.3, 0.4) is 0 Å². The van der Waals surface area contributed by atoms with Gasteiger partial charge in [-0.05, 0) is 76.5 Å². The molecule has 4 nitrogen and oxygen atoms in total. The molecule has 4 unspecified atom stereocenters. The molecule has 0 radical (unpaired) electrons. The summed E-state index contributed by atoms with van der Waals surface area (Å²) in [6, 6.07) is 0. The molecule has 3 rings (SSSR count). The Labute approximate surface area is 201 Å². The average Bonchev–Trinajstić information content (AvgIpc) is 3.48. The summed E-state index contributed by atoms with van der Waals surface area (Å²) >= 11 is 0. The zero-order valence-electron chi connectivity index (χ0n) is 21.9. The lowest BCUT2D eigenvalue weighted by molar-refractivity contribution is -0.167. The molecular weight excluding hydrogens is 412 g/mol.